The van der Waals surface area contributed by atoms with Crippen molar-refractivity contribution in [3.63, 3.8) is 0 Å². The van der Waals surface area contributed by atoms with E-state index in [-0.39, 0.29) is 12.3 Å². The highest BCUT2D eigenvalue weighted by atomic mass is 19.4. The Labute approximate surface area is 183 Å². The lowest BCUT2D eigenvalue weighted by atomic mass is 9.50. The molecule has 3 aliphatic rings. The molecule has 0 aromatic heterocycles. The van der Waals surface area contributed by atoms with Crippen LogP contribution in [0.4, 0.5) is 13.2 Å². The molecule has 5 atom stereocenters. The fourth-order valence-corrected chi connectivity index (χ4v) is 5.85. The van der Waals surface area contributed by atoms with Gasteiger partial charge in [-0.05, 0) is 30.4 Å². The number of halogens is 3. The van der Waals surface area contributed by atoms with Crippen LogP contribution in [0.1, 0.15) is 56.3 Å². The van der Waals surface area contributed by atoms with Gasteiger partial charge in [-0.15, -0.1) is 0 Å². The van der Waals surface area contributed by atoms with Crippen molar-refractivity contribution in [1.29, 1.82) is 21.2 Å². The number of nitrogens with zero attached hydrogens (tertiary/aromatic N) is 3. The molecule has 2 bridgehead atoms. The highest BCUT2D eigenvalue weighted by Crippen LogP contribution is 2.70. The molecule has 32 heavy (non-hydrogen) atoms. The Morgan fingerprint density at radius 1 is 1.16 bits per heavy atom. The summed E-state index contributed by atoms with van der Waals surface area (Å²) in [4.78, 5) is 0. The molecule has 0 amide bonds. The summed E-state index contributed by atoms with van der Waals surface area (Å²) in [5.74, 6) is -2.71. The van der Waals surface area contributed by atoms with Crippen molar-refractivity contribution in [2.24, 2.45) is 22.7 Å². The molecule has 3 fully saturated rings. The van der Waals surface area contributed by atoms with Gasteiger partial charge in [0.15, 0.2) is 5.41 Å². The van der Waals surface area contributed by atoms with Crippen LogP contribution < -0.4 is 0 Å². The average molecular weight is 442 g/mol. The summed E-state index contributed by atoms with van der Waals surface area (Å²) in [6, 6.07) is 10.2. The van der Waals surface area contributed by atoms with Crippen molar-refractivity contribution in [2.45, 2.75) is 57.1 Å². The summed E-state index contributed by atoms with van der Waals surface area (Å²) in [6.07, 6.45) is -3.42. The Bertz CT molecular complexity index is 1070. The Balaban J connectivity index is 1.97. The van der Waals surface area contributed by atoms with Gasteiger partial charge in [0.2, 0.25) is 17.1 Å². The van der Waals surface area contributed by atoms with E-state index < -0.39 is 51.8 Å². The third kappa shape index (κ3) is 2.63. The summed E-state index contributed by atoms with van der Waals surface area (Å²) >= 11 is 0. The molecule has 2 aliphatic heterocycles. The second kappa shape index (κ2) is 7.22. The molecule has 1 saturated carbocycles. The lowest BCUT2D eigenvalue weighted by Gasteiger charge is -2.53. The molecular weight excluding hydrogens is 421 g/mol. The van der Waals surface area contributed by atoms with Crippen molar-refractivity contribution in [1.82, 2.24) is 0 Å². The van der Waals surface area contributed by atoms with Crippen molar-refractivity contribution < 1.29 is 22.6 Å². The molecule has 2 saturated heterocycles. The number of ether oxygens (including phenoxy) is 2. The van der Waals surface area contributed by atoms with E-state index in [2.05, 4.69) is 0 Å². The molecule has 0 radical (unpaired) electrons. The van der Waals surface area contributed by atoms with Crippen molar-refractivity contribution in [3.05, 3.63) is 35.4 Å². The van der Waals surface area contributed by atoms with Crippen molar-refractivity contribution in [3.8, 4) is 18.2 Å². The van der Waals surface area contributed by atoms with Crippen LogP contribution in [0.15, 0.2) is 24.3 Å². The summed E-state index contributed by atoms with van der Waals surface area (Å²) in [5, 5.41) is 39.3. The Kier molecular flexibility index (Phi) is 4.99. The van der Waals surface area contributed by atoms with Gasteiger partial charge >= 0.3 is 6.18 Å². The number of hydrogen-bond donors (Lipinski definition) is 1. The standard InChI is InChI=1S/C23H21F3N4O2/c1-2-5-14-8-9-22-17(10-14)21(13-29,19(30)32-22)20(11-27,12-28)18(31-22)15-6-3-4-7-16(15)23(24,25)26/h3-4,6-7,14,17-18,30H,2,5,8-10H2,1H3. The minimum atomic E-state index is -4.77. The molecule has 2 heterocycles. The summed E-state index contributed by atoms with van der Waals surface area (Å²) in [5.41, 5.74) is -5.88. The number of hydrogen-bond acceptors (Lipinski definition) is 6. The van der Waals surface area contributed by atoms with Gasteiger partial charge in [-0.2, -0.15) is 29.0 Å². The van der Waals surface area contributed by atoms with E-state index in [1.807, 2.05) is 25.1 Å². The summed E-state index contributed by atoms with van der Waals surface area (Å²) < 4.78 is 53.4. The maximum atomic E-state index is 13.8. The number of rotatable bonds is 3. The zero-order chi connectivity index (χ0) is 23.4. The first kappa shape index (κ1) is 22.1. The van der Waals surface area contributed by atoms with Gasteiger partial charge in [-0.25, -0.2) is 0 Å². The molecule has 4 rings (SSSR count). The van der Waals surface area contributed by atoms with Crippen LogP contribution in [0.2, 0.25) is 0 Å². The fraction of sp³-hybridized carbons (Fsp3) is 0.565. The van der Waals surface area contributed by atoms with E-state index in [1.54, 1.807) is 0 Å². The van der Waals surface area contributed by atoms with Crippen molar-refractivity contribution >= 4 is 5.90 Å². The first-order chi connectivity index (χ1) is 15.2. The van der Waals surface area contributed by atoms with E-state index in [4.69, 9.17) is 14.9 Å². The van der Waals surface area contributed by atoms with E-state index >= 15 is 0 Å². The Morgan fingerprint density at radius 3 is 2.44 bits per heavy atom. The second-order valence-corrected chi connectivity index (χ2v) is 8.76. The van der Waals surface area contributed by atoms with Crippen LogP contribution in [-0.2, 0) is 15.7 Å². The third-order valence-corrected chi connectivity index (χ3v) is 7.26. The van der Waals surface area contributed by atoms with Gasteiger partial charge in [-0.1, -0.05) is 38.0 Å². The minimum Gasteiger partial charge on any atom is -0.447 e. The topological polar surface area (TPSA) is 114 Å². The molecule has 0 spiro atoms. The van der Waals surface area contributed by atoms with E-state index in [0.29, 0.717) is 12.8 Å². The normalized spacial score (nSPS) is 35.0. The Hall–Kier alpha value is -3.09. The van der Waals surface area contributed by atoms with E-state index in [0.717, 1.165) is 25.0 Å². The SMILES string of the molecule is CCCC1CCC23OC(=N)C(C#N)(C2C1)C(C#N)(C#N)C(c1ccccc1C(F)(F)F)O3. The number of nitriles is 3. The van der Waals surface area contributed by atoms with E-state index in [1.165, 1.54) is 12.1 Å². The second-order valence-electron chi connectivity index (χ2n) is 8.76. The lowest BCUT2D eigenvalue weighted by Crippen LogP contribution is -2.61. The molecule has 1 N–H and O–H groups in total. The monoisotopic (exact) mass is 442 g/mol. The highest BCUT2D eigenvalue weighted by Gasteiger charge is 2.81. The average Bonchev–Trinajstić information content (AvgIpc) is 2.97. The summed E-state index contributed by atoms with van der Waals surface area (Å²) in [6.45, 7) is 2.02. The molecule has 9 heteroatoms. The molecule has 166 valence electrons. The number of benzene rings is 1. The molecule has 1 aromatic rings. The third-order valence-electron chi connectivity index (χ3n) is 7.26. The van der Waals surface area contributed by atoms with Gasteiger partial charge in [0, 0.05) is 6.42 Å². The molecular formula is C23H21F3N4O2. The molecule has 1 aliphatic carbocycles. The smallest absolute Gasteiger partial charge is 0.416 e. The highest BCUT2D eigenvalue weighted by molar-refractivity contribution is 5.89. The van der Waals surface area contributed by atoms with Gasteiger partial charge in [-0.3, -0.25) is 5.41 Å². The van der Waals surface area contributed by atoms with Gasteiger partial charge in [0.1, 0.15) is 6.10 Å². The first-order valence-electron chi connectivity index (χ1n) is 10.5. The molecule has 6 nitrogen and oxygen atoms in total. The quantitative estimate of drug-likeness (QED) is 0.688. The van der Waals surface area contributed by atoms with E-state index in [9.17, 15) is 29.0 Å². The largest absolute Gasteiger partial charge is 0.447 e. The van der Waals surface area contributed by atoms with Crippen LogP contribution in [0.25, 0.3) is 0 Å². The zero-order valence-corrected chi connectivity index (χ0v) is 17.4. The zero-order valence-electron chi connectivity index (χ0n) is 17.4. The van der Waals surface area contributed by atoms with Crippen LogP contribution in [-0.4, -0.2) is 11.7 Å². The molecule has 1 aromatic carbocycles. The van der Waals surface area contributed by atoms with Crippen LogP contribution >= 0.6 is 0 Å². The number of nitrogens with one attached hydrogen (secondary N) is 1. The van der Waals surface area contributed by atoms with Gasteiger partial charge in [0.05, 0.1) is 29.7 Å². The van der Waals surface area contributed by atoms with Gasteiger partial charge < -0.3 is 9.47 Å². The predicted molar refractivity (Wildman–Crippen MR) is 104 cm³/mol. The van der Waals surface area contributed by atoms with Crippen LogP contribution in [0, 0.1) is 62.1 Å². The maximum Gasteiger partial charge on any atom is 0.416 e. The minimum absolute atomic E-state index is 0.179. The predicted octanol–water partition coefficient (Wildman–Crippen LogP) is 5.24. The first-order valence-corrected chi connectivity index (χ1v) is 10.5. The summed E-state index contributed by atoms with van der Waals surface area (Å²) in [7, 11) is 0. The van der Waals surface area contributed by atoms with Crippen LogP contribution in [0.3, 0.4) is 0 Å². The van der Waals surface area contributed by atoms with Crippen molar-refractivity contribution in [2.75, 3.05) is 0 Å². The van der Waals surface area contributed by atoms with Crippen LogP contribution in [0.5, 0.6) is 0 Å². The number of alkyl halides is 3. The van der Waals surface area contributed by atoms with Gasteiger partial charge in [0.25, 0.3) is 0 Å². The Morgan fingerprint density at radius 2 is 1.84 bits per heavy atom. The lowest BCUT2D eigenvalue weighted by molar-refractivity contribution is -0.300. The fourth-order valence-electron chi connectivity index (χ4n) is 5.85. The molecule has 5 unspecified atom stereocenters. The maximum absolute atomic E-state index is 13.8.